The third-order valence-electron chi connectivity index (χ3n) is 3.84. The molecule has 0 spiro atoms. The number of nitrogens with zero attached hydrogens (tertiary/aromatic N) is 2. The number of esters is 1. The van der Waals surface area contributed by atoms with Crippen LogP contribution >= 0.6 is 0 Å². The normalized spacial score (nSPS) is 9.86. The summed E-state index contributed by atoms with van der Waals surface area (Å²) in [6, 6.07) is 17.0. The number of nitrogens with one attached hydrogen (secondary N) is 2. The summed E-state index contributed by atoms with van der Waals surface area (Å²) in [5, 5.41) is 14.7. The van der Waals surface area contributed by atoms with Crippen LogP contribution in [0.4, 0.5) is 17.1 Å². The van der Waals surface area contributed by atoms with Crippen molar-refractivity contribution in [3.8, 4) is 6.07 Å². The molecule has 3 rings (SSSR count). The molecule has 1 heterocycles. The summed E-state index contributed by atoms with van der Waals surface area (Å²) in [4.78, 5) is 28.2. The molecule has 1 aromatic heterocycles. The second-order valence-corrected chi connectivity index (χ2v) is 5.80. The number of anilines is 3. The Balaban J connectivity index is 1.74. The topological polar surface area (TPSA) is 104 Å². The monoisotopic (exact) mass is 372 g/mol. The molecule has 0 radical (unpaired) electrons. The summed E-state index contributed by atoms with van der Waals surface area (Å²) >= 11 is 0. The molecule has 0 aliphatic heterocycles. The Labute approximate surface area is 161 Å². The van der Waals surface area contributed by atoms with Crippen molar-refractivity contribution in [3.63, 3.8) is 0 Å². The van der Waals surface area contributed by atoms with Gasteiger partial charge in [-0.3, -0.25) is 9.78 Å². The van der Waals surface area contributed by atoms with E-state index in [2.05, 4.69) is 15.6 Å². The quantitative estimate of drug-likeness (QED) is 0.661. The predicted molar refractivity (Wildman–Crippen MR) is 104 cm³/mol. The van der Waals surface area contributed by atoms with Gasteiger partial charge in [-0.15, -0.1) is 0 Å². The molecular formula is C21H16N4O3. The molecule has 2 aromatic carbocycles. The predicted octanol–water partition coefficient (Wildman–Crippen LogP) is 3.74. The Morgan fingerprint density at radius 3 is 2.43 bits per heavy atom. The third kappa shape index (κ3) is 4.51. The Morgan fingerprint density at radius 2 is 1.71 bits per heavy atom. The highest BCUT2D eigenvalue weighted by Crippen LogP contribution is 2.19. The van der Waals surface area contributed by atoms with Gasteiger partial charge in [-0.2, -0.15) is 5.26 Å². The standard InChI is InChI=1S/C21H16N4O3/c1-28-21(27)15-3-2-4-18(9-15)24-19-10-16(12-23-13-19)20(26)25-17-7-5-14(11-22)6-8-17/h2-10,12-13,24H,1H3,(H,25,26). The number of hydrogen-bond donors (Lipinski definition) is 2. The summed E-state index contributed by atoms with van der Waals surface area (Å²) < 4.78 is 4.71. The first-order valence-corrected chi connectivity index (χ1v) is 8.31. The minimum atomic E-state index is -0.433. The molecule has 0 fully saturated rings. The fourth-order valence-electron chi connectivity index (χ4n) is 2.47. The van der Waals surface area contributed by atoms with Crippen molar-refractivity contribution in [1.29, 1.82) is 5.26 Å². The number of carbonyl (C=O) groups excluding carboxylic acids is 2. The van der Waals surface area contributed by atoms with Crippen molar-refractivity contribution >= 4 is 28.9 Å². The molecule has 7 heteroatoms. The number of ether oxygens (including phenoxy) is 1. The van der Waals surface area contributed by atoms with Gasteiger partial charge in [-0.25, -0.2) is 4.79 Å². The van der Waals surface area contributed by atoms with Crippen LogP contribution in [0.1, 0.15) is 26.3 Å². The second-order valence-electron chi connectivity index (χ2n) is 5.80. The minimum Gasteiger partial charge on any atom is -0.465 e. The molecular weight excluding hydrogens is 356 g/mol. The lowest BCUT2D eigenvalue weighted by Crippen LogP contribution is -2.12. The summed E-state index contributed by atoms with van der Waals surface area (Å²) in [6.07, 6.45) is 3.03. The van der Waals surface area contributed by atoms with E-state index in [9.17, 15) is 9.59 Å². The first-order chi connectivity index (χ1) is 13.6. The van der Waals surface area contributed by atoms with Gasteiger partial charge in [-0.1, -0.05) is 6.07 Å². The molecule has 0 atom stereocenters. The smallest absolute Gasteiger partial charge is 0.337 e. The van der Waals surface area contributed by atoms with Crippen molar-refractivity contribution in [2.75, 3.05) is 17.7 Å². The van der Waals surface area contributed by atoms with Crippen LogP contribution in [0.25, 0.3) is 0 Å². The van der Waals surface area contributed by atoms with Crippen LogP contribution in [0.3, 0.4) is 0 Å². The highest BCUT2D eigenvalue weighted by atomic mass is 16.5. The lowest BCUT2D eigenvalue weighted by molar-refractivity contribution is 0.0600. The molecule has 0 saturated carbocycles. The van der Waals surface area contributed by atoms with Crippen LogP contribution in [-0.4, -0.2) is 24.0 Å². The van der Waals surface area contributed by atoms with Gasteiger partial charge in [0.05, 0.1) is 41.8 Å². The van der Waals surface area contributed by atoms with Crippen molar-refractivity contribution in [3.05, 3.63) is 83.7 Å². The first kappa shape index (κ1) is 18.6. The van der Waals surface area contributed by atoms with Crippen LogP contribution in [0, 0.1) is 11.3 Å². The Hall–Kier alpha value is -4.18. The number of pyridine rings is 1. The minimum absolute atomic E-state index is 0.329. The van der Waals surface area contributed by atoms with Gasteiger partial charge in [0, 0.05) is 17.6 Å². The maximum atomic E-state index is 12.5. The number of methoxy groups -OCH3 is 1. The van der Waals surface area contributed by atoms with Crippen LogP contribution in [-0.2, 0) is 4.74 Å². The molecule has 7 nitrogen and oxygen atoms in total. The zero-order valence-corrected chi connectivity index (χ0v) is 15.0. The Kier molecular flexibility index (Phi) is 5.63. The molecule has 28 heavy (non-hydrogen) atoms. The van der Waals surface area contributed by atoms with Gasteiger partial charge >= 0.3 is 5.97 Å². The van der Waals surface area contributed by atoms with Gasteiger partial charge in [0.15, 0.2) is 0 Å². The van der Waals surface area contributed by atoms with Crippen LogP contribution in [0.15, 0.2) is 67.0 Å². The molecule has 0 bridgehead atoms. The fraction of sp³-hybridized carbons (Fsp3) is 0.0476. The summed E-state index contributed by atoms with van der Waals surface area (Å²) in [7, 11) is 1.32. The van der Waals surface area contributed by atoms with E-state index in [0.29, 0.717) is 33.8 Å². The van der Waals surface area contributed by atoms with Crippen LogP contribution in [0.5, 0.6) is 0 Å². The van der Waals surface area contributed by atoms with E-state index in [1.54, 1.807) is 60.8 Å². The number of benzene rings is 2. The number of amides is 1. The molecule has 1 amide bonds. The lowest BCUT2D eigenvalue weighted by Gasteiger charge is -2.09. The molecule has 0 aliphatic rings. The van der Waals surface area contributed by atoms with Gasteiger partial charge in [0.2, 0.25) is 0 Å². The SMILES string of the molecule is COC(=O)c1cccc(Nc2cncc(C(=O)Nc3ccc(C#N)cc3)c2)c1. The molecule has 3 aromatic rings. The Morgan fingerprint density at radius 1 is 0.964 bits per heavy atom. The number of aromatic nitrogens is 1. The number of rotatable bonds is 5. The summed E-state index contributed by atoms with van der Waals surface area (Å²) in [6.45, 7) is 0. The van der Waals surface area contributed by atoms with E-state index in [1.807, 2.05) is 6.07 Å². The van der Waals surface area contributed by atoms with E-state index >= 15 is 0 Å². The van der Waals surface area contributed by atoms with Crippen LogP contribution < -0.4 is 10.6 Å². The summed E-state index contributed by atoms with van der Waals surface area (Å²) in [5.74, 6) is -0.763. The average Bonchev–Trinajstić information content (AvgIpc) is 2.74. The van der Waals surface area contributed by atoms with E-state index in [4.69, 9.17) is 10.00 Å². The zero-order chi connectivity index (χ0) is 19.9. The van der Waals surface area contributed by atoms with E-state index in [-0.39, 0.29) is 5.91 Å². The number of hydrogen-bond acceptors (Lipinski definition) is 6. The molecule has 2 N–H and O–H groups in total. The van der Waals surface area contributed by atoms with E-state index < -0.39 is 5.97 Å². The molecule has 138 valence electrons. The highest BCUT2D eigenvalue weighted by Gasteiger charge is 2.09. The maximum absolute atomic E-state index is 12.5. The van der Waals surface area contributed by atoms with Gasteiger partial charge in [0.1, 0.15) is 0 Å². The van der Waals surface area contributed by atoms with Gasteiger partial charge in [-0.05, 0) is 48.5 Å². The van der Waals surface area contributed by atoms with Gasteiger partial charge < -0.3 is 15.4 Å². The lowest BCUT2D eigenvalue weighted by atomic mass is 10.2. The zero-order valence-electron chi connectivity index (χ0n) is 15.0. The largest absolute Gasteiger partial charge is 0.465 e. The molecule has 0 aliphatic carbocycles. The Bertz CT molecular complexity index is 1060. The van der Waals surface area contributed by atoms with Crippen molar-refractivity contribution < 1.29 is 14.3 Å². The van der Waals surface area contributed by atoms with E-state index in [1.165, 1.54) is 13.3 Å². The number of carbonyl (C=O) groups is 2. The average molecular weight is 372 g/mol. The number of nitriles is 1. The van der Waals surface area contributed by atoms with Crippen molar-refractivity contribution in [2.45, 2.75) is 0 Å². The highest BCUT2D eigenvalue weighted by molar-refractivity contribution is 6.04. The second kappa shape index (κ2) is 8.47. The van der Waals surface area contributed by atoms with E-state index in [0.717, 1.165) is 0 Å². The van der Waals surface area contributed by atoms with Crippen molar-refractivity contribution in [1.82, 2.24) is 4.98 Å². The first-order valence-electron chi connectivity index (χ1n) is 8.31. The van der Waals surface area contributed by atoms with Crippen LogP contribution in [0.2, 0.25) is 0 Å². The van der Waals surface area contributed by atoms with Crippen molar-refractivity contribution in [2.24, 2.45) is 0 Å². The third-order valence-corrected chi connectivity index (χ3v) is 3.84. The molecule has 0 unspecified atom stereocenters. The fourth-order valence-corrected chi connectivity index (χ4v) is 2.47. The van der Waals surface area contributed by atoms with Gasteiger partial charge in [0.25, 0.3) is 5.91 Å². The molecule has 0 saturated heterocycles. The summed E-state index contributed by atoms with van der Waals surface area (Å²) in [5.41, 5.74) is 3.12. The maximum Gasteiger partial charge on any atom is 0.337 e.